The van der Waals surface area contributed by atoms with Crippen LogP contribution in [0, 0.1) is 13.8 Å². The summed E-state index contributed by atoms with van der Waals surface area (Å²) >= 11 is 0. The van der Waals surface area contributed by atoms with E-state index in [9.17, 15) is 19.2 Å². The monoisotopic (exact) mass is 395 g/mol. The van der Waals surface area contributed by atoms with Gasteiger partial charge in [0.1, 0.15) is 5.57 Å². The molecule has 0 unspecified atom stereocenters. The van der Waals surface area contributed by atoms with E-state index in [0.29, 0.717) is 16.8 Å². The molecule has 8 heteroatoms. The Morgan fingerprint density at radius 2 is 1.59 bits per heavy atom. The number of methoxy groups -OCH3 is 1. The third-order valence-corrected chi connectivity index (χ3v) is 4.96. The number of para-hydroxylation sites is 1. The van der Waals surface area contributed by atoms with Crippen LogP contribution in [0.2, 0.25) is 0 Å². The molecule has 3 rings (SSSR count). The van der Waals surface area contributed by atoms with Crippen molar-refractivity contribution in [1.82, 2.24) is 14.4 Å². The zero-order valence-corrected chi connectivity index (χ0v) is 16.8. The molecule has 0 N–H and O–H groups in total. The maximum Gasteiger partial charge on any atom is 0.339 e. The molecule has 2 heterocycles. The Balaban J connectivity index is 2.14. The Morgan fingerprint density at radius 1 is 1.00 bits per heavy atom. The lowest BCUT2D eigenvalue weighted by molar-refractivity contribution is -0.134. The number of barbiturate groups is 1. The highest BCUT2D eigenvalue weighted by molar-refractivity contribution is 6.30. The number of benzene rings is 1. The molecule has 0 bridgehead atoms. The molecule has 1 aromatic carbocycles. The van der Waals surface area contributed by atoms with Crippen molar-refractivity contribution in [1.29, 1.82) is 0 Å². The second kappa shape index (κ2) is 7.38. The first-order chi connectivity index (χ1) is 13.7. The van der Waals surface area contributed by atoms with Crippen LogP contribution in [0.3, 0.4) is 0 Å². The Morgan fingerprint density at radius 3 is 2.17 bits per heavy atom. The summed E-state index contributed by atoms with van der Waals surface area (Å²) in [6, 6.07) is 8.15. The summed E-state index contributed by atoms with van der Waals surface area (Å²) in [4.78, 5) is 50.8. The molecule has 0 saturated carbocycles. The van der Waals surface area contributed by atoms with Gasteiger partial charge in [-0.3, -0.25) is 19.4 Å². The van der Waals surface area contributed by atoms with Crippen molar-refractivity contribution in [2.45, 2.75) is 13.8 Å². The minimum absolute atomic E-state index is 0.101. The molecule has 1 saturated heterocycles. The van der Waals surface area contributed by atoms with E-state index in [1.807, 2.05) is 30.5 Å². The predicted octanol–water partition coefficient (Wildman–Crippen LogP) is 2.31. The van der Waals surface area contributed by atoms with Gasteiger partial charge in [0.15, 0.2) is 0 Å². The molecule has 8 nitrogen and oxygen atoms in total. The van der Waals surface area contributed by atoms with Gasteiger partial charge in [-0.1, -0.05) is 12.1 Å². The zero-order chi connectivity index (χ0) is 21.5. The molecule has 150 valence electrons. The number of likely N-dealkylation sites (N-methyl/N-ethyl adjacent to an activating group) is 2. The number of amides is 4. The molecule has 0 aliphatic carbocycles. The molecule has 1 aromatic heterocycles. The Kier molecular flexibility index (Phi) is 5.11. The fourth-order valence-electron chi connectivity index (χ4n) is 3.39. The summed E-state index contributed by atoms with van der Waals surface area (Å²) < 4.78 is 6.73. The number of hydrogen-bond acceptors (Lipinski definition) is 5. The third kappa shape index (κ3) is 3.22. The average Bonchev–Trinajstić information content (AvgIpc) is 3.00. The van der Waals surface area contributed by atoms with Crippen LogP contribution in [0.4, 0.5) is 4.79 Å². The van der Waals surface area contributed by atoms with Crippen LogP contribution in [0.15, 0.2) is 35.9 Å². The van der Waals surface area contributed by atoms with E-state index >= 15 is 0 Å². The number of aryl methyl sites for hydroxylation is 1. The van der Waals surface area contributed by atoms with Crippen molar-refractivity contribution in [3.8, 4) is 5.69 Å². The maximum atomic E-state index is 12.5. The van der Waals surface area contributed by atoms with Gasteiger partial charge in [-0.05, 0) is 43.7 Å². The molecule has 2 aromatic rings. The van der Waals surface area contributed by atoms with Crippen molar-refractivity contribution in [2.24, 2.45) is 0 Å². The van der Waals surface area contributed by atoms with Gasteiger partial charge in [0, 0.05) is 25.5 Å². The highest BCUT2D eigenvalue weighted by atomic mass is 16.5. The highest BCUT2D eigenvalue weighted by Gasteiger charge is 2.38. The van der Waals surface area contributed by atoms with Crippen LogP contribution in [-0.4, -0.2) is 59.4 Å². The van der Waals surface area contributed by atoms with Crippen LogP contribution >= 0.6 is 0 Å². The second-order valence-electron chi connectivity index (χ2n) is 6.74. The zero-order valence-electron chi connectivity index (χ0n) is 16.8. The number of hydrogen-bond donors (Lipinski definition) is 0. The van der Waals surface area contributed by atoms with Crippen molar-refractivity contribution in [3.05, 3.63) is 58.4 Å². The van der Waals surface area contributed by atoms with Gasteiger partial charge in [-0.2, -0.15) is 0 Å². The van der Waals surface area contributed by atoms with Crippen molar-refractivity contribution in [2.75, 3.05) is 21.2 Å². The lowest BCUT2D eigenvalue weighted by atomic mass is 10.1. The minimum Gasteiger partial charge on any atom is -0.465 e. The first kappa shape index (κ1) is 20.1. The average molecular weight is 395 g/mol. The standard InChI is InChI=1S/C21H21N3O5/c1-12-10-14(11-16-18(25)22(3)21(28)23(4)19(16)26)13(2)24(12)17-9-7-6-8-15(17)20(27)29-5/h6-11H,1-5H3. The largest absolute Gasteiger partial charge is 0.465 e. The van der Waals surface area contributed by atoms with Crippen LogP contribution in [-0.2, 0) is 14.3 Å². The smallest absolute Gasteiger partial charge is 0.339 e. The first-order valence-corrected chi connectivity index (χ1v) is 8.87. The van der Waals surface area contributed by atoms with E-state index in [-0.39, 0.29) is 5.57 Å². The summed E-state index contributed by atoms with van der Waals surface area (Å²) in [5.74, 6) is -1.77. The van der Waals surface area contributed by atoms with Gasteiger partial charge in [0.2, 0.25) is 0 Å². The van der Waals surface area contributed by atoms with Gasteiger partial charge in [-0.25, -0.2) is 9.59 Å². The van der Waals surface area contributed by atoms with Crippen LogP contribution < -0.4 is 0 Å². The van der Waals surface area contributed by atoms with E-state index < -0.39 is 23.8 Å². The molecule has 0 radical (unpaired) electrons. The van der Waals surface area contributed by atoms with Gasteiger partial charge in [0.05, 0.1) is 18.4 Å². The number of esters is 1. The number of aromatic nitrogens is 1. The number of urea groups is 1. The summed E-state index contributed by atoms with van der Waals surface area (Å²) in [6.07, 6.45) is 1.48. The first-order valence-electron chi connectivity index (χ1n) is 8.87. The molecule has 1 aliphatic rings. The number of imide groups is 2. The van der Waals surface area contributed by atoms with Crippen LogP contribution in [0.1, 0.15) is 27.3 Å². The lowest BCUT2D eigenvalue weighted by Crippen LogP contribution is -2.52. The molecule has 29 heavy (non-hydrogen) atoms. The topological polar surface area (TPSA) is 88.9 Å². The van der Waals surface area contributed by atoms with E-state index in [1.165, 1.54) is 27.3 Å². The van der Waals surface area contributed by atoms with E-state index in [2.05, 4.69) is 0 Å². The molecule has 4 amide bonds. The number of carbonyl (C=O) groups is 4. The van der Waals surface area contributed by atoms with Crippen LogP contribution in [0.25, 0.3) is 11.8 Å². The normalized spacial score (nSPS) is 14.5. The number of nitrogens with zero attached hydrogens (tertiary/aromatic N) is 3. The molecular formula is C21H21N3O5. The molecule has 1 aliphatic heterocycles. The van der Waals surface area contributed by atoms with E-state index in [0.717, 1.165) is 21.2 Å². The highest BCUT2D eigenvalue weighted by Crippen LogP contribution is 2.27. The minimum atomic E-state index is -0.672. The number of rotatable bonds is 3. The van der Waals surface area contributed by atoms with Gasteiger partial charge >= 0.3 is 12.0 Å². The summed E-state index contributed by atoms with van der Waals surface area (Å²) in [7, 11) is 3.98. The fourth-order valence-corrected chi connectivity index (χ4v) is 3.39. The van der Waals surface area contributed by atoms with Crippen molar-refractivity contribution in [3.63, 3.8) is 0 Å². The van der Waals surface area contributed by atoms with Crippen LogP contribution in [0.5, 0.6) is 0 Å². The van der Waals surface area contributed by atoms with Crippen molar-refractivity contribution < 1.29 is 23.9 Å². The van der Waals surface area contributed by atoms with Gasteiger partial charge < -0.3 is 9.30 Å². The van der Waals surface area contributed by atoms with Gasteiger partial charge in [-0.15, -0.1) is 0 Å². The van der Waals surface area contributed by atoms with Crippen molar-refractivity contribution >= 4 is 29.9 Å². The third-order valence-electron chi connectivity index (χ3n) is 4.96. The lowest BCUT2D eigenvalue weighted by Gasteiger charge is -2.28. The fraction of sp³-hybridized carbons (Fsp3) is 0.238. The number of carbonyl (C=O) groups excluding carboxylic acids is 4. The molecule has 1 fully saturated rings. The SMILES string of the molecule is COC(=O)c1ccccc1-n1c(C)cc(C=C2C(=O)N(C)C(=O)N(C)C2=O)c1C. The quantitative estimate of drug-likeness (QED) is 0.452. The van der Waals surface area contributed by atoms with E-state index in [1.54, 1.807) is 18.2 Å². The molecule has 0 spiro atoms. The molecular weight excluding hydrogens is 374 g/mol. The Labute approximate surface area is 168 Å². The summed E-state index contributed by atoms with van der Waals surface area (Å²) in [5.41, 5.74) is 3.09. The van der Waals surface area contributed by atoms with E-state index in [4.69, 9.17) is 4.74 Å². The Hall–Kier alpha value is -3.68. The second-order valence-corrected chi connectivity index (χ2v) is 6.74. The maximum absolute atomic E-state index is 12.5. The number of ether oxygens (including phenoxy) is 1. The molecule has 0 atom stereocenters. The summed E-state index contributed by atoms with van der Waals surface area (Å²) in [6.45, 7) is 3.68. The Bertz CT molecular complexity index is 1050. The predicted molar refractivity (Wildman–Crippen MR) is 105 cm³/mol. The van der Waals surface area contributed by atoms with Gasteiger partial charge in [0.25, 0.3) is 11.8 Å². The summed E-state index contributed by atoms with van der Waals surface area (Å²) in [5, 5.41) is 0.